The highest BCUT2D eigenvalue weighted by atomic mass is 15.2. The Balaban J connectivity index is 0.000000185. The zero-order valence-corrected chi connectivity index (χ0v) is 17.7. The summed E-state index contributed by atoms with van der Waals surface area (Å²) < 4.78 is 0. The van der Waals surface area contributed by atoms with Gasteiger partial charge in [-0.2, -0.15) is 0 Å². The molecule has 1 nitrogen and oxygen atoms in total. The lowest BCUT2D eigenvalue weighted by Crippen LogP contribution is -2.48. The van der Waals surface area contributed by atoms with Crippen LogP contribution in [0.3, 0.4) is 0 Å². The quantitative estimate of drug-likeness (QED) is 0.541. The molecule has 0 N–H and O–H groups in total. The maximum absolute atomic E-state index is 2.74. The predicted octanol–water partition coefficient (Wildman–Crippen LogP) is 6.91. The van der Waals surface area contributed by atoms with E-state index in [-0.39, 0.29) is 0 Å². The summed E-state index contributed by atoms with van der Waals surface area (Å²) in [5.41, 5.74) is 1.30. The Hall–Kier alpha value is -0.0400. The van der Waals surface area contributed by atoms with Crippen molar-refractivity contribution in [1.82, 2.24) is 4.90 Å². The zero-order chi connectivity index (χ0) is 17.8. The van der Waals surface area contributed by atoms with Crippen LogP contribution >= 0.6 is 0 Å². The molecule has 3 fully saturated rings. The molecule has 1 heterocycles. The molecule has 24 heavy (non-hydrogen) atoms. The molecule has 0 aromatic heterocycles. The molecule has 0 aromatic rings. The van der Waals surface area contributed by atoms with E-state index in [9.17, 15) is 0 Å². The molecule has 142 valence electrons. The first-order valence-electron chi connectivity index (χ1n) is 11.0. The van der Waals surface area contributed by atoms with Crippen molar-refractivity contribution in [2.75, 3.05) is 13.1 Å². The maximum Gasteiger partial charge on any atom is 0.00952 e. The maximum atomic E-state index is 2.74. The van der Waals surface area contributed by atoms with E-state index in [4.69, 9.17) is 0 Å². The molecule has 0 spiro atoms. The third kappa shape index (κ3) is 4.99. The second-order valence-electron chi connectivity index (χ2n) is 10.3. The average Bonchev–Trinajstić information content (AvgIpc) is 2.49. The molecular formula is C23H45N. The van der Waals surface area contributed by atoms with Crippen LogP contribution in [-0.4, -0.2) is 24.0 Å². The summed E-state index contributed by atoms with van der Waals surface area (Å²) >= 11 is 0. The van der Waals surface area contributed by atoms with Gasteiger partial charge in [0.2, 0.25) is 0 Å². The summed E-state index contributed by atoms with van der Waals surface area (Å²) in [6.45, 7) is 17.2. The van der Waals surface area contributed by atoms with E-state index in [1.54, 1.807) is 0 Å². The van der Waals surface area contributed by atoms with E-state index in [2.05, 4.69) is 46.4 Å². The SMILES string of the molecule is CC(C)C1(C)CCCCC1.CC(C)C1(C)CCN(C2CCC2)CC1. The van der Waals surface area contributed by atoms with Gasteiger partial charge in [-0.15, -0.1) is 0 Å². The largest absolute Gasteiger partial charge is 0.300 e. The predicted molar refractivity (Wildman–Crippen MR) is 107 cm³/mol. The van der Waals surface area contributed by atoms with Crippen molar-refractivity contribution in [3.8, 4) is 0 Å². The Morgan fingerprint density at radius 3 is 1.46 bits per heavy atom. The van der Waals surface area contributed by atoms with Crippen molar-refractivity contribution < 1.29 is 0 Å². The van der Waals surface area contributed by atoms with Crippen molar-refractivity contribution in [2.45, 2.75) is 112 Å². The van der Waals surface area contributed by atoms with Crippen molar-refractivity contribution in [1.29, 1.82) is 0 Å². The highest BCUT2D eigenvalue weighted by Crippen LogP contribution is 2.42. The van der Waals surface area contributed by atoms with Crippen LogP contribution in [0.1, 0.15) is 106 Å². The van der Waals surface area contributed by atoms with Gasteiger partial charge >= 0.3 is 0 Å². The fraction of sp³-hybridized carbons (Fsp3) is 1.00. The second-order valence-corrected chi connectivity index (χ2v) is 10.3. The van der Waals surface area contributed by atoms with Gasteiger partial charge in [-0.1, -0.05) is 67.2 Å². The summed E-state index contributed by atoms with van der Waals surface area (Å²) in [7, 11) is 0. The topological polar surface area (TPSA) is 3.24 Å². The van der Waals surface area contributed by atoms with E-state index in [0.717, 1.165) is 17.9 Å². The van der Waals surface area contributed by atoms with Gasteiger partial charge in [0.05, 0.1) is 0 Å². The van der Waals surface area contributed by atoms with E-state index in [0.29, 0.717) is 10.8 Å². The van der Waals surface area contributed by atoms with Crippen LogP contribution in [0.4, 0.5) is 0 Å². The van der Waals surface area contributed by atoms with Gasteiger partial charge in [-0.25, -0.2) is 0 Å². The molecule has 0 radical (unpaired) electrons. The average molecular weight is 336 g/mol. The number of rotatable bonds is 3. The number of hydrogen-bond acceptors (Lipinski definition) is 1. The molecule has 0 aromatic carbocycles. The lowest BCUT2D eigenvalue weighted by molar-refractivity contribution is 0.0293. The minimum atomic E-state index is 0.625. The normalized spacial score (nSPS) is 27.5. The van der Waals surface area contributed by atoms with Crippen LogP contribution in [-0.2, 0) is 0 Å². The molecule has 0 bridgehead atoms. The fourth-order valence-electron chi connectivity index (χ4n) is 4.67. The van der Waals surface area contributed by atoms with Crippen LogP contribution in [0.2, 0.25) is 0 Å². The van der Waals surface area contributed by atoms with Crippen molar-refractivity contribution in [2.24, 2.45) is 22.7 Å². The van der Waals surface area contributed by atoms with Crippen LogP contribution in [0.5, 0.6) is 0 Å². The molecule has 0 atom stereocenters. The molecule has 1 aliphatic heterocycles. The van der Waals surface area contributed by atoms with Crippen molar-refractivity contribution >= 4 is 0 Å². The highest BCUT2D eigenvalue weighted by molar-refractivity contribution is 4.89. The van der Waals surface area contributed by atoms with Crippen LogP contribution in [0.25, 0.3) is 0 Å². The van der Waals surface area contributed by atoms with E-state index in [1.165, 1.54) is 77.3 Å². The number of likely N-dealkylation sites (tertiary alicyclic amines) is 1. The smallest absolute Gasteiger partial charge is 0.00952 e. The summed E-state index contributed by atoms with van der Waals surface area (Å²) in [4.78, 5) is 2.74. The Labute approximate surface area is 153 Å². The van der Waals surface area contributed by atoms with E-state index < -0.39 is 0 Å². The lowest BCUT2D eigenvalue weighted by Gasteiger charge is -2.47. The monoisotopic (exact) mass is 335 g/mol. The van der Waals surface area contributed by atoms with Gasteiger partial charge in [-0.05, 0) is 74.3 Å². The highest BCUT2D eigenvalue weighted by Gasteiger charge is 2.36. The first-order valence-corrected chi connectivity index (χ1v) is 11.0. The third-order valence-electron chi connectivity index (χ3n) is 8.31. The Morgan fingerprint density at radius 2 is 1.12 bits per heavy atom. The van der Waals surface area contributed by atoms with Crippen LogP contribution in [0, 0.1) is 22.7 Å². The minimum Gasteiger partial charge on any atom is -0.300 e. The van der Waals surface area contributed by atoms with Gasteiger partial charge in [0.1, 0.15) is 0 Å². The van der Waals surface area contributed by atoms with Crippen LogP contribution < -0.4 is 0 Å². The molecule has 3 aliphatic rings. The minimum absolute atomic E-state index is 0.625. The second kappa shape index (κ2) is 8.56. The van der Waals surface area contributed by atoms with E-state index >= 15 is 0 Å². The molecule has 0 amide bonds. The number of hydrogen-bond donors (Lipinski definition) is 0. The van der Waals surface area contributed by atoms with Gasteiger partial charge in [0.15, 0.2) is 0 Å². The molecule has 2 saturated carbocycles. The summed E-state index contributed by atoms with van der Waals surface area (Å²) in [5, 5.41) is 0. The Morgan fingerprint density at radius 1 is 0.667 bits per heavy atom. The molecule has 1 saturated heterocycles. The molecule has 3 rings (SSSR count). The van der Waals surface area contributed by atoms with E-state index in [1.807, 2.05) is 0 Å². The first-order chi connectivity index (χ1) is 11.3. The van der Waals surface area contributed by atoms with Crippen molar-refractivity contribution in [3.63, 3.8) is 0 Å². The molecule has 0 unspecified atom stereocenters. The van der Waals surface area contributed by atoms with Gasteiger partial charge in [0.25, 0.3) is 0 Å². The molecule has 1 heteroatoms. The van der Waals surface area contributed by atoms with Gasteiger partial charge in [-0.3, -0.25) is 0 Å². The zero-order valence-electron chi connectivity index (χ0n) is 17.7. The Kier molecular flexibility index (Phi) is 7.23. The fourth-order valence-corrected chi connectivity index (χ4v) is 4.67. The standard InChI is InChI=1S/C13H25N.C10H20/c1-11(2)13(3)7-9-14(10-8-13)12-5-4-6-12;1-9(2)10(3)7-5-4-6-8-10/h11-12H,4-10H2,1-3H3;9H,4-8H2,1-3H3. The third-order valence-corrected chi connectivity index (χ3v) is 8.31. The van der Waals surface area contributed by atoms with Gasteiger partial charge in [0, 0.05) is 6.04 Å². The number of nitrogens with zero attached hydrogens (tertiary/aromatic N) is 1. The van der Waals surface area contributed by atoms with Crippen LogP contribution in [0.15, 0.2) is 0 Å². The molecular weight excluding hydrogens is 290 g/mol. The Bertz CT molecular complexity index is 352. The number of piperidine rings is 1. The van der Waals surface area contributed by atoms with Gasteiger partial charge < -0.3 is 4.90 Å². The van der Waals surface area contributed by atoms with Crippen molar-refractivity contribution in [3.05, 3.63) is 0 Å². The summed E-state index contributed by atoms with van der Waals surface area (Å²) in [6, 6.07) is 0.965. The molecule has 2 aliphatic carbocycles. The first kappa shape index (κ1) is 20.3. The summed E-state index contributed by atoms with van der Waals surface area (Å²) in [5.74, 6) is 1.74. The lowest BCUT2D eigenvalue weighted by atomic mass is 9.69. The summed E-state index contributed by atoms with van der Waals surface area (Å²) in [6.07, 6.45) is 14.6.